The van der Waals surface area contributed by atoms with E-state index in [9.17, 15) is 0 Å². The third-order valence-electron chi connectivity index (χ3n) is 2.42. The van der Waals surface area contributed by atoms with E-state index in [1.54, 1.807) is 7.11 Å². The second kappa shape index (κ2) is 7.69. The van der Waals surface area contributed by atoms with Crippen LogP contribution in [0.5, 0.6) is 5.75 Å². The molecule has 0 fully saturated rings. The van der Waals surface area contributed by atoms with Crippen molar-refractivity contribution in [1.82, 2.24) is 10.6 Å². The summed E-state index contributed by atoms with van der Waals surface area (Å²) in [5.74, 6) is 0.920. The molecule has 2 N–H and O–H groups in total. The van der Waals surface area contributed by atoms with Crippen molar-refractivity contribution in [3.05, 3.63) is 28.2 Å². The Bertz CT molecular complexity index is 342. The summed E-state index contributed by atoms with van der Waals surface area (Å²) >= 11 is 3.44. The zero-order valence-electron chi connectivity index (χ0n) is 10.7. The minimum absolute atomic E-state index is 0.541. The molecule has 0 radical (unpaired) electrons. The van der Waals surface area contributed by atoms with E-state index < -0.39 is 0 Å². The van der Waals surface area contributed by atoms with E-state index in [0.29, 0.717) is 6.04 Å². The number of hydrogen-bond acceptors (Lipinski definition) is 3. The van der Waals surface area contributed by atoms with Crippen molar-refractivity contribution in [2.24, 2.45) is 0 Å². The lowest BCUT2D eigenvalue weighted by molar-refractivity contribution is 0.407. The normalized spacial score (nSPS) is 10.9. The first-order chi connectivity index (χ1) is 8.13. The Labute approximate surface area is 112 Å². The van der Waals surface area contributed by atoms with Crippen molar-refractivity contribution in [1.29, 1.82) is 0 Å². The molecule has 1 aromatic rings. The number of methoxy groups -OCH3 is 1. The quantitative estimate of drug-likeness (QED) is 0.759. The van der Waals surface area contributed by atoms with Gasteiger partial charge in [-0.25, -0.2) is 0 Å². The lowest BCUT2D eigenvalue weighted by atomic mass is 10.2. The molecule has 0 aromatic heterocycles. The molecule has 96 valence electrons. The smallest absolute Gasteiger partial charge is 0.124 e. The zero-order valence-corrected chi connectivity index (χ0v) is 12.3. The average molecular weight is 301 g/mol. The highest BCUT2D eigenvalue weighted by Crippen LogP contribution is 2.23. The summed E-state index contributed by atoms with van der Waals surface area (Å²) in [5, 5.41) is 6.76. The number of rotatable bonds is 7. The molecule has 0 unspecified atom stereocenters. The van der Waals surface area contributed by atoms with E-state index >= 15 is 0 Å². The second-order valence-electron chi connectivity index (χ2n) is 4.24. The Balaban J connectivity index is 2.36. The first kappa shape index (κ1) is 14.5. The Morgan fingerprint density at radius 3 is 2.71 bits per heavy atom. The van der Waals surface area contributed by atoms with Crippen LogP contribution in [0, 0.1) is 0 Å². The molecule has 3 nitrogen and oxygen atoms in total. The van der Waals surface area contributed by atoms with Crippen LogP contribution in [-0.2, 0) is 6.54 Å². The van der Waals surface area contributed by atoms with E-state index in [-0.39, 0.29) is 0 Å². The average Bonchev–Trinajstić information content (AvgIpc) is 2.29. The van der Waals surface area contributed by atoms with Crippen LogP contribution < -0.4 is 15.4 Å². The molecule has 0 aliphatic heterocycles. The third kappa shape index (κ3) is 5.52. The molecule has 0 bridgehead atoms. The largest absolute Gasteiger partial charge is 0.496 e. The first-order valence-electron chi connectivity index (χ1n) is 5.90. The van der Waals surface area contributed by atoms with E-state index in [1.807, 2.05) is 12.1 Å². The summed E-state index contributed by atoms with van der Waals surface area (Å²) in [5.41, 5.74) is 1.18. The molecule has 0 atom stereocenters. The van der Waals surface area contributed by atoms with Gasteiger partial charge in [-0.05, 0) is 12.1 Å². The molecule has 0 amide bonds. The highest BCUT2D eigenvalue weighted by molar-refractivity contribution is 9.10. The summed E-state index contributed by atoms with van der Waals surface area (Å²) in [7, 11) is 1.70. The maximum Gasteiger partial charge on any atom is 0.124 e. The molecule has 1 rings (SSSR count). The monoisotopic (exact) mass is 300 g/mol. The van der Waals surface area contributed by atoms with Gasteiger partial charge < -0.3 is 15.4 Å². The lowest BCUT2D eigenvalue weighted by Crippen LogP contribution is -2.31. The molecule has 17 heavy (non-hydrogen) atoms. The summed E-state index contributed by atoms with van der Waals surface area (Å²) in [4.78, 5) is 0. The second-order valence-corrected chi connectivity index (χ2v) is 5.16. The number of nitrogens with one attached hydrogen (secondary N) is 2. The molecule has 0 spiro atoms. The van der Waals surface area contributed by atoms with Crippen molar-refractivity contribution >= 4 is 15.9 Å². The SMILES string of the molecule is COc1cc(Br)ccc1CNCCNC(C)C. The lowest BCUT2D eigenvalue weighted by Gasteiger charge is -2.11. The minimum atomic E-state index is 0.541. The van der Waals surface area contributed by atoms with Crippen LogP contribution >= 0.6 is 15.9 Å². The zero-order chi connectivity index (χ0) is 12.7. The van der Waals surface area contributed by atoms with Gasteiger partial charge in [0.2, 0.25) is 0 Å². The van der Waals surface area contributed by atoms with Crippen molar-refractivity contribution in [2.75, 3.05) is 20.2 Å². The van der Waals surface area contributed by atoms with Gasteiger partial charge in [0.05, 0.1) is 7.11 Å². The number of hydrogen-bond donors (Lipinski definition) is 2. The van der Waals surface area contributed by atoms with Gasteiger partial charge in [0.25, 0.3) is 0 Å². The minimum Gasteiger partial charge on any atom is -0.496 e. The van der Waals surface area contributed by atoms with Crippen molar-refractivity contribution in [2.45, 2.75) is 26.4 Å². The molecular formula is C13H21BrN2O. The predicted octanol–water partition coefficient (Wildman–Crippen LogP) is 2.55. The fourth-order valence-corrected chi connectivity index (χ4v) is 1.88. The molecular weight excluding hydrogens is 280 g/mol. The van der Waals surface area contributed by atoms with Crippen LogP contribution in [0.25, 0.3) is 0 Å². The molecule has 0 aliphatic rings. The Kier molecular flexibility index (Phi) is 6.55. The Hall–Kier alpha value is -0.580. The predicted molar refractivity (Wildman–Crippen MR) is 75.5 cm³/mol. The molecule has 4 heteroatoms. The van der Waals surface area contributed by atoms with Crippen molar-refractivity contribution < 1.29 is 4.74 Å². The molecule has 0 heterocycles. The van der Waals surface area contributed by atoms with Gasteiger partial charge in [-0.3, -0.25) is 0 Å². The fraction of sp³-hybridized carbons (Fsp3) is 0.538. The molecule has 1 aromatic carbocycles. The topological polar surface area (TPSA) is 33.3 Å². The van der Waals surface area contributed by atoms with Gasteiger partial charge in [-0.2, -0.15) is 0 Å². The van der Waals surface area contributed by atoms with Gasteiger partial charge in [0.15, 0.2) is 0 Å². The van der Waals surface area contributed by atoms with Crippen LogP contribution in [-0.4, -0.2) is 26.2 Å². The number of benzene rings is 1. The standard InChI is InChI=1S/C13H21BrN2O/c1-10(2)16-7-6-15-9-11-4-5-12(14)8-13(11)17-3/h4-5,8,10,15-16H,6-7,9H2,1-3H3. The van der Waals surface area contributed by atoms with Gasteiger partial charge >= 0.3 is 0 Å². The third-order valence-corrected chi connectivity index (χ3v) is 2.91. The van der Waals surface area contributed by atoms with Crippen molar-refractivity contribution in [3.63, 3.8) is 0 Å². The van der Waals surface area contributed by atoms with Crippen LogP contribution in [0.3, 0.4) is 0 Å². The van der Waals surface area contributed by atoms with Crippen LogP contribution in [0.15, 0.2) is 22.7 Å². The number of ether oxygens (including phenoxy) is 1. The van der Waals surface area contributed by atoms with Crippen LogP contribution in [0.1, 0.15) is 19.4 Å². The number of halogens is 1. The van der Waals surface area contributed by atoms with Gasteiger partial charge in [0, 0.05) is 35.7 Å². The van der Waals surface area contributed by atoms with E-state index in [1.165, 1.54) is 5.56 Å². The summed E-state index contributed by atoms with van der Waals surface area (Å²) in [6, 6.07) is 6.64. The van der Waals surface area contributed by atoms with Crippen LogP contribution in [0.4, 0.5) is 0 Å². The van der Waals surface area contributed by atoms with E-state index in [4.69, 9.17) is 4.74 Å². The van der Waals surface area contributed by atoms with Gasteiger partial charge in [0.1, 0.15) is 5.75 Å². The molecule has 0 saturated carbocycles. The summed E-state index contributed by atoms with van der Waals surface area (Å²) < 4.78 is 6.38. The van der Waals surface area contributed by atoms with Crippen LogP contribution in [0.2, 0.25) is 0 Å². The highest BCUT2D eigenvalue weighted by atomic mass is 79.9. The van der Waals surface area contributed by atoms with Gasteiger partial charge in [-0.1, -0.05) is 35.8 Å². The first-order valence-corrected chi connectivity index (χ1v) is 6.69. The highest BCUT2D eigenvalue weighted by Gasteiger charge is 2.02. The Morgan fingerprint density at radius 2 is 2.06 bits per heavy atom. The molecule has 0 saturated heterocycles. The van der Waals surface area contributed by atoms with E-state index in [2.05, 4.69) is 46.5 Å². The maximum atomic E-state index is 5.34. The van der Waals surface area contributed by atoms with Gasteiger partial charge in [-0.15, -0.1) is 0 Å². The molecule has 0 aliphatic carbocycles. The van der Waals surface area contributed by atoms with E-state index in [0.717, 1.165) is 29.9 Å². The van der Waals surface area contributed by atoms with Crippen molar-refractivity contribution in [3.8, 4) is 5.75 Å². The summed E-state index contributed by atoms with van der Waals surface area (Å²) in [6.07, 6.45) is 0. The maximum absolute atomic E-state index is 5.34. The fourth-order valence-electron chi connectivity index (χ4n) is 1.54. The Morgan fingerprint density at radius 1 is 1.29 bits per heavy atom. The summed E-state index contributed by atoms with van der Waals surface area (Å²) in [6.45, 7) is 7.07.